The lowest BCUT2D eigenvalue weighted by molar-refractivity contribution is 0.0759. The van der Waals surface area contributed by atoms with Gasteiger partial charge in [0.2, 0.25) is 0 Å². The molecule has 4 aromatic heterocycles. The molecule has 7 N–H and O–H groups in total. The number of ether oxygens (including phenoxy) is 2. The Bertz CT molecular complexity index is 3900. The van der Waals surface area contributed by atoms with Crippen molar-refractivity contribution in [2.24, 2.45) is 0 Å². The summed E-state index contributed by atoms with van der Waals surface area (Å²) in [5.74, 6) is 4.48. The second-order valence-corrected chi connectivity index (χ2v) is 20.5. The molecule has 14 rings (SSSR count). The van der Waals surface area contributed by atoms with E-state index in [1.54, 1.807) is 63.3 Å². The molecule has 0 spiro atoms. The number of aromatic nitrogens is 8. The highest BCUT2D eigenvalue weighted by molar-refractivity contribution is 9.10. The number of nitrogens with zero attached hydrogens (tertiary/aromatic N) is 10. The molecule has 4 aliphatic rings. The fraction of sp³-hybridized carbons (Fsp3) is 0.125. The average Bonchev–Trinajstić information content (AvgIpc) is 4.29. The van der Waals surface area contributed by atoms with Crippen molar-refractivity contribution in [3.8, 4) is 11.5 Å². The summed E-state index contributed by atoms with van der Waals surface area (Å²) in [4.78, 5) is 82.7. The molecule has 87 heavy (non-hydrogen) atoms. The highest BCUT2D eigenvalue weighted by atomic mass is 79.9. The van der Waals surface area contributed by atoms with Gasteiger partial charge in [-0.2, -0.15) is 0 Å². The molecule has 22 nitrogen and oxygen atoms in total. The summed E-state index contributed by atoms with van der Waals surface area (Å²) in [5.41, 5.74) is 17.3. The summed E-state index contributed by atoms with van der Waals surface area (Å²) in [6.45, 7) is 3.64. The topological polar surface area (TPSA) is 283 Å². The number of fused-ring (bicyclic) bond motifs is 4. The van der Waals surface area contributed by atoms with Crippen LogP contribution in [-0.4, -0.2) is 87.5 Å². The van der Waals surface area contributed by atoms with E-state index < -0.39 is 0 Å². The predicted molar refractivity (Wildman–Crippen MR) is 331 cm³/mol. The van der Waals surface area contributed by atoms with Crippen LogP contribution in [0.15, 0.2) is 200 Å². The Morgan fingerprint density at radius 2 is 0.839 bits per heavy atom. The van der Waals surface area contributed by atoms with Crippen LogP contribution in [0.2, 0.25) is 0 Å². The van der Waals surface area contributed by atoms with Crippen LogP contribution < -0.4 is 41.8 Å². The van der Waals surface area contributed by atoms with Crippen LogP contribution >= 0.6 is 15.9 Å². The lowest BCUT2D eigenvalue weighted by atomic mass is 10.1. The van der Waals surface area contributed by atoms with Gasteiger partial charge in [-0.1, -0.05) is 40.2 Å². The predicted octanol–water partition coefficient (Wildman–Crippen LogP) is 9.98. The third kappa shape index (κ3) is 15.7. The summed E-state index contributed by atoms with van der Waals surface area (Å²) in [6, 6.07) is 45.5. The Labute approximate surface area is 508 Å². The zero-order valence-corrected chi connectivity index (χ0v) is 48.7. The van der Waals surface area contributed by atoms with E-state index in [0.29, 0.717) is 45.1 Å². The highest BCUT2D eigenvalue weighted by Crippen LogP contribution is 2.31. The molecule has 4 amide bonds. The van der Waals surface area contributed by atoms with Gasteiger partial charge in [0.05, 0.1) is 14.2 Å². The van der Waals surface area contributed by atoms with Crippen LogP contribution in [0.3, 0.4) is 0 Å². The number of nitrogens with two attached hydrogens (primary N) is 1. The minimum absolute atomic E-state index is 0.00594. The largest absolute Gasteiger partial charge is 0.497 e. The van der Waals surface area contributed by atoms with Crippen molar-refractivity contribution >= 4 is 79.9 Å². The fourth-order valence-corrected chi connectivity index (χ4v) is 9.83. The van der Waals surface area contributed by atoms with E-state index >= 15 is 0 Å². The monoisotopic (exact) mass is 1220 g/mol. The van der Waals surface area contributed by atoms with E-state index in [9.17, 15) is 19.2 Å². The number of methoxy groups -OCH3 is 2. The van der Waals surface area contributed by atoms with Gasteiger partial charge in [0.1, 0.15) is 60.1 Å². The van der Waals surface area contributed by atoms with E-state index in [1.165, 1.54) is 25.3 Å². The van der Waals surface area contributed by atoms with Crippen molar-refractivity contribution in [2.45, 2.75) is 39.3 Å². The number of anilines is 7. The van der Waals surface area contributed by atoms with Gasteiger partial charge in [0, 0.05) is 108 Å². The van der Waals surface area contributed by atoms with E-state index in [-0.39, 0.29) is 23.6 Å². The summed E-state index contributed by atoms with van der Waals surface area (Å²) in [7, 11) is 3.29. The number of hydrogen-bond acceptors (Lipinski definition) is 18. The van der Waals surface area contributed by atoms with E-state index in [2.05, 4.69) is 82.4 Å². The number of rotatable bonds is 12. The number of amides is 4. The molecule has 8 heterocycles. The number of halogens is 1. The Balaban J connectivity index is 0.000000125. The zero-order chi connectivity index (χ0) is 60.5. The first-order valence-electron chi connectivity index (χ1n) is 27.1. The Morgan fingerprint density at radius 1 is 0.460 bits per heavy atom. The SMILES string of the molecule is COc1ccc(CN2Cc3cc(Br)ccc3C2=O)cc1.COc1ccc(CN2Cc3cc(Nc4ccncn4)ccc3C2=O)cc1.Nc1ccncn1.O=C1NCc2cc(Nc3ccncn3)ccc21.O=C1NCc2cc(Nc3ccncn3)ccc21. The second-order valence-electron chi connectivity index (χ2n) is 19.6. The standard InChI is InChI=1S/C20H18N4O2.C16H14BrNO2.2C12H10N4O.C4H5N3/c1-26-17-5-2-14(3-6-17)11-24-12-15-10-16(4-7-18(15)20(24)25)23-19-8-9-21-13-22-19;1-20-14-5-2-11(3-6-14)9-18-10-12-8-13(17)4-7-15(12)16(18)19;2*17-12-10-2-1-9(5-8(10)6-14-12)16-11-3-4-13-7-15-11;5-4-1-2-6-3-7-4/h2-10,13H,11-12H2,1H3,(H,21,22,23);2-8H,9-10H2,1H3;2*1-5,7H,6H2,(H,14,17)(H,13,15,16);1-3H,(H2,5,6,7). The Kier molecular flexibility index (Phi) is 19.2. The van der Waals surface area contributed by atoms with Gasteiger partial charge in [-0.3, -0.25) is 19.2 Å². The number of carbonyl (C=O) groups excluding carboxylic acids is 4. The molecular formula is C64H57BrN16O6. The maximum Gasteiger partial charge on any atom is 0.254 e. The smallest absolute Gasteiger partial charge is 0.254 e. The van der Waals surface area contributed by atoms with E-state index in [0.717, 1.165) is 106 Å². The van der Waals surface area contributed by atoms with Crippen molar-refractivity contribution in [2.75, 3.05) is 35.9 Å². The molecule has 0 bridgehead atoms. The normalized spacial score (nSPS) is 12.7. The summed E-state index contributed by atoms with van der Waals surface area (Å²) < 4.78 is 11.3. The van der Waals surface area contributed by atoms with Crippen LogP contribution in [0.4, 0.5) is 40.3 Å². The summed E-state index contributed by atoms with van der Waals surface area (Å²) in [5, 5.41) is 15.1. The molecule has 0 unspecified atom stereocenters. The van der Waals surface area contributed by atoms with Gasteiger partial charge in [-0.05, 0) is 155 Å². The molecule has 0 atom stereocenters. The van der Waals surface area contributed by atoms with Crippen LogP contribution in [-0.2, 0) is 39.3 Å². The summed E-state index contributed by atoms with van der Waals surface area (Å²) >= 11 is 3.44. The van der Waals surface area contributed by atoms with Gasteiger partial charge in [0.15, 0.2) is 0 Å². The molecule has 0 saturated carbocycles. The molecule has 0 aliphatic carbocycles. The molecule has 0 fully saturated rings. The van der Waals surface area contributed by atoms with Crippen LogP contribution in [0.1, 0.15) is 74.8 Å². The lowest BCUT2D eigenvalue weighted by Crippen LogP contribution is -2.23. The van der Waals surface area contributed by atoms with Crippen LogP contribution in [0.5, 0.6) is 11.5 Å². The van der Waals surface area contributed by atoms with Crippen molar-refractivity contribution in [3.63, 3.8) is 0 Å². The average molecular weight is 1230 g/mol. The number of benzene rings is 6. The molecule has 23 heteroatoms. The molecule has 436 valence electrons. The molecule has 10 aromatic rings. The number of nitrogens with one attached hydrogen (secondary N) is 5. The summed E-state index contributed by atoms with van der Waals surface area (Å²) in [6.07, 6.45) is 12.5. The molecule has 0 saturated heterocycles. The van der Waals surface area contributed by atoms with Gasteiger partial charge < -0.3 is 51.6 Å². The van der Waals surface area contributed by atoms with Gasteiger partial charge in [-0.25, -0.2) is 39.9 Å². The van der Waals surface area contributed by atoms with Gasteiger partial charge in [0.25, 0.3) is 23.6 Å². The van der Waals surface area contributed by atoms with Crippen molar-refractivity contribution < 1.29 is 28.7 Å². The first kappa shape index (κ1) is 59.0. The van der Waals surface area contributed by atoms with E-state index in [1.807, 2.05) is 131 Å². The van der Waals surface area contributed by atoms with Crippen LogP contribution in [0, 0.1) is 0 Å². The Hall–Kier alpha value is -11.2. The quantitative estimate of drug-likeness (QED) is 0.0663. The van der Waals surface area contributed by atoms with Gasteiger partial charge in [-0.15, -0.1) is 0 Å². The first-order valence-corrected chi connectivity index (χ1v) is 27.9. The first-order chi connectivity index (χ1) is 42.4. The molecule has 4 aliphatic heterocycles. The fourth-order valence-electron chi connectivity index (χ4n) is 9.42. The van der Waals surface area contributed by atoms with Crippen molar-refractivity contribution in [1.82, 2.24) is 60.3 Å². The van der Waals surface area contributed by atoms with Gasteiger partial charge >= 0.3 is 0 Å². The maximum absolute atomic E-state index is 12.7. The maximum atomic E-state index is 12.7. The third-order valence-electron chi connectivity index (χ3n) is 13.7. The van der Waals surface area contributed by atoms with Crippen molar-refractivity contribution in [1.29, 1.82) is 0 Å². The minimum atomic E-state index is -0.00594. The highest BCUT2D eigenvalue weighted by Gasteiger charge is 2.29. The third-order valence-corrected chi connectivity index (χ3v) is 14.2. The minimum Gasteiger partial charge on any atom is -0.497 e. The van der Waals surface area contributed by atoms with Crippen molar-refractivity contribution in [3.05, 3.63) is 256 Å². The Morgan fingerprint density at radius 3 is 1.21 bits per heavy atom. The molecule has 6 aromatic carbocycles. The molecular weight excluding hydrogens is 1170 g/mol. The number of carbonyl (C=O) groups is 4. The lowest BCUT2D eigenvalue weighted by Gasteiger charge is -2.15. The molecule has 0 radical (unpaired) electrons. The zero-order valence-electron chi connectivity index (χ0n) is 47.1. The number of nitrogen functional groups attached to an aromatic ring is 1. The second kappa shape index (κ2) is 28.4. The van der Waals surface area contributed by atoms with Crippen LogP contribution in [0.25, 0.3) is 0 Å². The van der Waals surface area contributed by atoms with E-state index in [4.69, 9.17) is 15.2 Å². The number of hydrogen-bond donors (Lipinski definition) is 6.